The molecule has 0 fully saturated rings. The number of rotatable bonds is 6. The molecule has 0 spiro atoms. The van der Waals surface area contributed by atoms with E-state index in [1.807, 2.05) is 13.8 Å². The van der Waals surface area contributed by atoms with Crippen molar-refractivity contribution in [1.29, 1.82) is 0 Å². The summed E-state index contributed by atoms with van der Waals surface area (Å²) < 4.78 is 12.7. The first-order valence-corrected chi connectivity index (χ1v) is 6.22. The van der Waals surface area contributed by atoms with Crippen LogP contribution in [-0.4, -0.2) is 23.2 Å². The summed E-state index contributed by atoms with van der Waals surface area (Å²) in [6, 6.07) is 5.83. The van der Waals surface area contributed by atoms with Crippen LogP contribution in [0.5, 0.6) is 0 Å². The van der Waals surface area contributed by atoms with Gasteiger partial charge in [0.2, 0.25) is 5.91 Å². The average Bonchev–Trinajstić information content (AvgIpc) is 2.39. The van der Waals surface area contributed by atoms with Crippen molar-refractivity contribution in [1.82, 2.24) is 5.32 Å². The molecule has 1 aromatic rings. The molecule has 0 saturated heterocycles. The molecule has 0 aliphatic carbocycles. The summed E-state index contributed by atoms with van der Waals surface area (Å²) in [5.41, 5.74) is -0.0798. The number of halogens is 1. The molecule has 0 atom stereocenters. The van der Waals surface area contributed by atoms with Gasteiger partial charge in [0.1, 0.15) is 5.82 Å². The highest BCUT2D eigenvalue weighted by atomic mass is 19.1. The van der Waals surface area contributed by atoms with Crippen LogP contribution in [0.25, 0.3) is 0 Å². The third-order valence-corrected chi connectivity index (χ3v) is 3.21. The third-order valence-electron chi connectivity index (χ3n) is 3.21. The molecule has 1 amide bonds. The van der Waals surface area contributed by atoms with E-state index in [1.54, 1.807) is 12.1 Å². The van der Waals surface area contributed by atoms with E-state index in [4.69, 9.17) is 0 Å². The van der Waals surface area contributed by atoms with Crippen molar-refractivity contribution < 1.29 is 14.3 Å². The first-order valence-electron chi connectivity index (χ1n) is 6.22. The Labute approximate surface area is 107 Å². The number of carbonyl (C=O) groups excluding carboxylic acids is 1. The minimum Gasteiger partial charge on any atom is -0.388 e. The first-order chi connectivity index (χ1) is 8.49. The molecule has 2 N–H and O–H groups in total. The van der Waals surface area contributed by atoms with E-state index in [2.05, 4.69) is 5.32 Å². The minimum absolute atomic E-state index is 0.165. The number of hydrogen-bond acceptors (Lipinski definition) is 2. The summed E-state index contributed by atoms with van der Waals surface area (Å²) in [6.07, 6.45) is 1.39. The maximum Gasteiger partial charge on any atom is 0.224 e. The molecule has 0 bridgehead atoms. The van der Waals surface area contributed by atoms with Gasteiger partial charge in [-0.05, 0) is 30.5 Å². The molecule has 4 heteroatoms. The zero-order chi connectivity index (χ0) is 13.6. The number of amides is 1. The van der Waals surface area contributed by atoms with Gasteiger partial charge in [-0.25, -0.2) is 4.39 Å². The summed E-state index contributed by atoms with van der Waals surface area (Å²) in [7, 11) is 0. The highest BCUT2D eigenvalue weighted by Gasteiger charge is 2.22. The van der Waals surface area contributed by atoms with Crippen molar-refractivity contribution in [3.05, 3.63) is 35.6 Å². The lowest BCUT2D eigenvalue weighted by molar-refractivity contribution is -0.121. The molecule has 0 aromatic heterocycles. The minimum atomic E-state index is -0.835. The van der Waals surface area contributed by atoms with Crippen LogP contribution < -0.4 is 5.32 Å². The molecule has 0 unspecified atom stereocenters. The fourth-order valence-electron chi connectivity index (χ4n) is 1.61. The molecule has 1 aromatic carbocycles. The molecule has 0 radical (unpaired) electrons. The van der Waals surface area contributed by atoms with Gasteiger partial charge in [0.05, 0.1) is 12.0 Å². The maximum atomic E-state index is 12.7. The van der Waals surface area contributed by atoms with Crippen molar-refractivity contribution >= 4 is 5.91 Å². The summed E-state index contributed by atoms with van der Waals surface area (Å²) in [4.78, 5) is 11.7. The Hall–Kier alpha value is -1.42. The monoisotopic (exact) mass is 253 g/mol. The van der Waals surface area contributed by atoms with Crippen molar-refractivity contribution in [3.8, 4) is 0 Å². The van der Waals surface area contributed by atoms with Gasteiger partial charge in [0.25, 0.3) is 0 Å². The molecule has 0 saturated carbocycles. The molecule has 18 heavy (non-hydrogen) atoms. The Morgan fingerprint density at radius 1 is 1.28 bits per heavy atom. The second-order valence-corrected chi connectivity index (χ2v) is 4.51. The van der Waals surface area contributed by atoms with Gasteiger partial charge in [-0.15, -0.1) is 0 Å². The van der Waals surface area contributed by atoms with Gasteiger partial charge in [0, 0.05) is 6.54 Å². The van der Waals surface area contributed by atoms with Crippen molar-refractivity contribution in [3.63, 3.8) is 0 Å². The molecule has 0 aliphatic heterocycles. The zero-order valence-corrected chi connectivity index (χ0v) is 10.9. The molecule has 1 rings (SSSR count). The van der Waals surface area contributed by atoms with Crippen molar-refractivity contribution in [2.75, 3.05) is 6.54 Å². The number of hydrogen-bond donors (Lipinski definition) is 2. The second-order valence-electron chi connectivity index (χ2n) is 4.51. The summed E-state index contributed by atoms with van der Waals surface area (Å²) in [5.74, 6) is -0.479. The third kappa shape index (κ3) is 4.45. The Morgan fingerprint density at radius 2 is 1.83 bits per heavy atom. The quantitative estimate of drug-likeness (QED) is 0.815. The predicted octanol–water partition coefficient (Wildman–Crippen LogP) is 2.04. The zero-order valence-electron chi connectivity index (χ0n) is 10.9. The predicted molar refractivity (Wildman–Crippen MR) is 68.6 cm³/mol. The van der Waals surface area contributed by atoms with Crippen molar-refractivity contribution in [2.45, 2.75) is 38.7 Å². The summed E-state index contributed by atoms with van der Waals surface area (Å²) in [5, 5.41) is 12.7. The maximum absolute atomic E-state index is 12.7. The molecule has 3 nitrogen and oxygen atoms in total. The largest absolute Gasteiger partial charge is 0.388 e. The summed E-state index contributed by atoms with van der Waals surface area (Å²) in [6.45, 7) is 4.02. The number of benzene rings is 1. The van der Waals surface area contributed by atoms with E-state index in [-0.39, 0.29) is 24.7 Å². The second kappa shape index (κ2) is 6.50. The number of carbonyl (C=O) groups is 1. The smallest absolute Gasteiger partial charge is 0.224 e. The van der Waals surface area contributed by atoms with E-state index < -0.39 is 5.60 Å². The number of nitrogens with one attached hydrogen (secondary N) is 1. The fourth-order valence-corrected chi connectivity index (χ4v) is 1.61. The van der Waals surface area contributed by atoms with Crippen LogP contribution in [0.4, 0.5) is 4.39 Å². The van der Waals surface area contributed by atoms with Crippen LogP contribution in [0, 0.1) is 5.82 Å². The van der Waals surface area contributed by atoms with Crippen LogP contribution in [-0.2, 0) is 11.2 Å². The van der Waals surface area contributed by atoms with Gasteiger partial charge in [-0.2, -0.15) is 0 Å². The first kappa shape index (κ1) is 14.6. The lowest BCUT2D eigenvalue weighted by atomic mass is 9.97. The average molecular weight is 253 g/mol. The lowest BCUT2D eigenvalue weighted by Gasteiger charge is -2.25. The van der Waals surface area contributed by atoms with E-state index in [0.29, 0.717) is 12.8 Å². The highest BCUT2D eigenvalue weighted by molar-refractivity contribution is 5.78. The SMILES string of the molecule is CCC(O)(CC)CNC(=O)Cc1ccc(F)cc1. The van der Waals surface area contributed by atoms with Gasteiger partial charge >= 0.3 is 0 Å². The van der Waals surface area contributed by atoms with Crippen LogP contribution in [0.2, 0.25) is 0 Å². The highest BCUT2D eigenvalue weighted by Crippen LogP contribution is 2.13. The fraction of sp³-hybridized carbons (Fsp3) is 0.500. The van der Waals surface area contributed by atoms with Gasteiger partial charge < -0.3 is 10.4 Å². The Bertz CT molecular complexity index is 385. The topological polar surface area (TPSA) is 49.3 Å². The van der Waals surface area contributed by atoms with E-state index in [1.165, 1.54) is 12.1 Å². The van der Waals surface area contributed by atoms with E-state index >= 15 is 0 Å². The van der Waals surface area contributed by atoms with Crippen molar-refractivity contribution in [2.24, 2.45) is 0 Å². The van der Waals surface area contributed by atoms with E-state index in [9.17, 15) is 14.3 Å². The Kier molecular flexibility index (Phi) is 5.28. The van der Waals surface area contributed by atoms with Gasteiger partial charge in [-0.1, -0.05) is 26.0 Å². The Balaban J connectivity index is 2.45. The van der Waals surface area contributed by atoms with Crippen LogP contribution in [0.15, 0.2) is 24.3 Å². The molecule has 100 valence electrons. The van der Waals surface area contributed by atoms with E-state index in [0.717, 1.165) is 5.56 Å². The van der Waals surface area contributed by atoms with Gasteiger partial charge in [-0.3, -0.25) is 4.79 Å². The molecule has 0 aliphatic rings. The van der Waals surface area contributed by atoms with Crippen LogP contribution in [0.3, 0.4) is 0 Å². The molecular formula is C14H20FNO2. The normalized spacial score (nSPS) is 11.3. The van der Waals surface area contributed by atoms with Crippen LogP contribution in [0.1, 0.15) is 32.3 Å². The molecular weight excluding hydrogens is 233 g/mol. The Morgan fingerprint density at radius 3 is 2.33 bits per heavy atom. The standard InChI is InChI=1S/C14H20FNO2/c1-3-14(18,4-2)10-16-13(17)9-11-5-7-12(15)8-6-11/h5-8,18H,3-4,9-10H2,1-2H3,(H,16,17). The van der Waals surface area contributed by atoms with Gasteiger partial charge in [0.15, 0.2) is 0 Å². The van der Waals surface area contributed by atoms with Crippen LogP contribution >= 0.6 is 0 Å². The number of aliphatic hydroxyl groups is 1. The summed E-state index contributed by atoms with van der Waals surface area (Å²) >= 11 is 0. The lowest BCUT2D eigenvalue weighted by Crippen LogP contribution is -2.42. The molecule has 0 heterocycles.